The number of hydrogen-bond acceptors (Lipinski definition) is 11. The summed E-state index contributed by atoms with van der Waals surface area (Å²) in [6, 6.07) is 26.9. The third-order valence-corrected chi connectivity index (χ3v) is 14.6. The van der Waals surface area contributed by atoms with Gasteiger partial charge in [0.25, 0.3) is 5.91 Å². The van der Waals surface area contributed by atoms with Crippen LogP contribution in [-0.4, -0.2) is 82.1 Å². The van der Waals surface area contributed by atoms with Gasteiger partial charge in [-0.25, -0.2) is 4.98 Å². The number of carbonyl (C=O) groups excluding carboxylic acids is 4. The number of rotatable bonds is 16. The van der Waals surface area contributed by atoms with Crippen molar-refractivity contribution in [1.29, 1.82) is 5.26 Å². The van der Waals surface area contributed by atoms with Crippen molar-refractivity contribution >= 4 is 46.6 Å². The Bertz CT molecular complexity index is 2730. The van der Waals surface area contributed by atoms with E-state index in [1.807, 2.05) is 76.5 Å². The number of nitriles is 1. The number of nitrogens with one attached hydrogen (secondary N) is 3. The van der Waals surface area contributed by atoms with E-state index in [4.69, 9.17) is 25.8 Å². The van der Waals surface area contributed by atoms with Gasteiger partial charge in [0, 0.05) is 48.0 Å². The van der Waals surface area contributed by atoms with Gasteiger partial charge in [0.05, 0.1) is 38.9 Å². The second-order valence-electron chi connectivity index (χ2n) is 20.4. The molecule has 4 aromatic carbocycles. The highest BCUT2D eigenvalue weighted by atomic mass is 35.5. The van der Waals surface area contributed by atoms with Crippen LogP contribution in [0.5, 0.6) is 17.2 Å². The number of thiazole rings is 1. The molecule has 0 bridgehead atoms. The Morgan fingerprint density at radius 2 is 1.57 bits per heavy atom. The van der Waals surface area contributed by atoms with Gasteiger partial charge >= 0.3 is 0 Å². The monoisotopic (exact) mass is 988 g/mol. The van der Waals surface area contributed by atoms with Gasteiger partial charge in [0.2, 0.25) is 17.7 Å². The third-order valence-electron chi connectivity index (χ3n) is 13.3. The summed E-state index contributed by atoms with van der Waals surface area (Å²) in [4.78, 5) is 61.2. The largest absolute Gasteiger partial charge is 0.489 e. The molecule has 4 N–H and O–H groups in total. The summed E-state index contributed by atoms with van der Waals surface area (Å²) in [6.07, 6.45) is -1.53. The summed E-state index contributed by atoms with van der Waals surface area (Å²) in [6.45, 7) is 17.3. The molecule has 14 nitrogen and oxygen atoms in total. The van der Waals surface area contributed by atoms with Crippen LogP contribution in [0.25, 0.3) is 10.4 Å². The lowest BCUT2D eigenvalue weighted by molar-refractivity contribution is -0.164. The first-order valence-corrected chi connectivity index (χ1v) is 24.5. The summed E-state index contributed by atoms with van der Waals surface area (Å²) in [5.41, 5.74) is 4.77. The zero-order valence-corrected chi connectivity index (χ0v) is 42.5. The molecular formula is C54H61ClN6O8S. The molecule has 1 saturated heterocycles. The van der Waals surface area contributed by atoms with E-state index in [0.29, 0.717) is 33.4 Å². The predicted molar refractivity (Wildman–Crippen MR) is 268 cm³/mol. The van der Waals surface area contributed by atoms with E-state index in [1.54, 1.807) is 65.9 Å². The highest BCUT2D eigenvalue weighted by Crippen LogP contribution is 2.55. The third kappa shape index (κ3) is 11.5. The van der Waals surface area contributed by atoms with Crippen LogP contribution in [0.15, 0.2) is 96.5 Å². The number of halogens is 1. The van der Waals surface area contributed by atoms with Gasteiger partial charge in [-0.2, -0.15) is 5.26 Å². The standard InChI is InChI=1S/C54H61ClN6O8S/c1-31-45(70-30-58-31)35-12-10-33(11-13-35)27-57-48(65)43-24-38(62)28-61(43)49(66)46(52(3,4)5)59-44(63)29-67-32(2)34-14-19-39(20-15-34)68-40-21-16-36(17-22-40)47(64)60-50-53(6,7)51(54(50,8)9)69-41-23-18-37(26-56)42(55)25-41/h10-23,25,30,32,38,43,46,50-51,62H,24,27-29H2,1-9H3,(H,57,65)(H,59,63)(H,60,64)/t32-,38+,43-,46?,50-,51-/m0/s1. The summed E-state index contributed by atoms with van der Waals surface area (Å²) in [5.74, 6) is 0.0876. The first-order chi connectivity index (χ1) is 33.1. The molecule has 1 aliphatic carbocycles. The Balaban J connectivity index is 0.876. The van der Waals surface area contributed by atoms with Gasteiger partial charge < -0.3 is 40.2 Å². The van der Waals surface area contributed by atoms with E-state index in [-0.39, 0.29) is 50.1 Å². The maximum Gasteiger partial charge on any atom is 0.251 e. The van der Waals surface area contributed by atoms with Crippen molar-refractivity contribution in [2.24, 2.45) is 16.2 Å². The van der Waals surface area contributed by atoms with Crippen LogP contribution < -0.4 is 25.4 Å². The molecule has 5 aromatic rings. The van der Waals surface area contributed by atoms with Crippen LogP contribution in [0.1, 0.15) is 101 Å². The molecule has 2 fully saturated rings. The molecule has 368 valence electrons. The lowest BCUT2D eigenvalue weighted by Gasteiger charge is -2.63. The topological polar surface area (TPSA) is 192 Å². The highest BCUT2D eigenvalue weighted by molar-refractivity contribution is 7.13. The van der Waals surface area contributed by atoms with Crippen molar-refractivity contribution in [2.75, 3.05) is 13.2 Å². The molecule has 2 aliphatic rings. The molecule has 70 heavy (non-hydrogen) atoms. The van der Waals surface area contributed by atoms with Crippen molar-refractivity contribution in [2.45, 2.75) is 112 Å². The summed E-state index contributed by atoms with van der Waals surface area (Å²) >= 11 is 7.81. The van der Waals surface area contributed by atoms with Gasteiger partial charge in [-0.15, -0.1) is 11.3 Å². The number of aliphatic hydroxyl groups excluding tert-OH is 1. The number of aliphatic hydroxyl groups is 1. The fraction of sp³-hybridized carbons (Fsp3) is 0.407. The van der Waals surface area contributed by atoms with Crippen molar-refractivity contribution in [1.82, 2.24) is 25.8 Å². The predicted octanol–water partition coefficient (Wildman–Crippen LogP) is 8.93. The minimum atomic E-state index is -1.00. The number of amides is 4. The molecular weight excluding hydrogens is 928 g/mol. The van der Waals surface area contributed by atoms with E-state index >= 15 is 0 Å². The SMILES string of the molecule is Cc1ncsc1-c1ccc(CNC(=O)[C@@H]2C[C@@H](O)CN2C(=O)C(NC(=O)CO[C@@H](C)c2ccc(Oc3ccc(C(=O)N[C@H]4C(C)(C)[C@H](Oc5ccc(C#N)c(Cl)c5)C4(C)C)cc3)cc2)C(C)(C)C)cc1. The Morgan fingerprint density at radius 3 is 2.16 bits per heavy atom. The van der Waals surface area contributed by atoms with Crippen molar-refractivity contribution in [3.63, 3.8) is 0 Å². The molecule has 1 aliphatic heterocycles. The number of aryl methyl sites for hydroxylation is 1. The van der Waals surface area contributed by atoms with Gasteiger partial charge in [0.1, 0.15) is 48.1 Å². The van der Waals surface area contributed by atoms with E-state index < -0.39 is 52.4 Å². The highest BCUT2D eigenvalue weighted by Gasteiger charge is 2.64. The molecule has 4 atom stereocenters. The number of β-amino-alcohol motifs (C(OH)–C–C–N with tert-alkyl or cyclic N) is 1. The maximum atomic E-state index is 14.1. The van der Waals surface area contributed by atoms with Crippen molar-refractivity contribution in [3.05, 3.63) is 129 Å². The first-order valence-electron chi connectivity index (χ1n) is 23.3. The fourth-order valence-corrected chi connectivity index (χ4v) is 10.7. The van der Waals surface area contributed by atoms with Gasteiger partial charge in [-0.3, -0.25) is 19.2 Å². The van der Waals surface area contributed by atoms with E-state index in [0.717, 1.165) is 27.3 Å². The normalized spacial score (nSPS) is 20.0. The van der Waals surface area contributed by atoms with Crippen LogP contribution in [-0.2, 0) is 25.7 Å². The van der Waals surface area contributed by atoms with Gasteiger partial charge in [0.15, 0.2) is 0 Å². The number of aromatic nitrogens is 1. The second kappa shape index (κ2) is 21.0. The Kier molecular flexibility index (Phi) is 15.4. The van der Waals surface area contributed by atoms with Gasteiger partial charge in [-0.1, -0.05) is 96.5 Å². The maximum absolute atomic E-state index is 14.1. The fourth-order valence-electron chi connectivity index (χ4n) is 9.71. The molecule has 2 heterocycles. The Morgan fingerprint density at radius 1 is 0.943 bits per heavy atom. The average molecular weight is 990 g/mol. The van der Waals surface area contributed by atoms with Crippen molar-refractivity contribution < 1.29 is 38.5 Å². The number of carbonyl (C=O) groups is 4. The number of ether oxygens (including phenoxy) is 3. The Hall–Kier alpha value is -6.31. The quantitative estimate of drug-likeness (QED) is 0.0742. The Labute approximate surface area is 418 Å². The zero-order valence-electron chi connectivity index (χ0n) is 41.0. The molecule has 1 aromatic heterocycles. The molecule has 0 radical (unpaired) electrons. The van der Waals surface area contributed by atoms with E-state index in [9.17, 15) is 29.5 Å². The van der Waals surface area contributed by atoms with Crippen LogP contribution in [0.2, 0.25) is 5.02 Å². The first kappa shape index (κ1) is 51.5. The van der Waals surface area contributed by atoms with Crippen LogP contribution in [0.4, 0.5) is 0 Å². The van der Waals surface area contributed by atoms with Gasteiger partial charge in [-0.05, 0) is 84.5 Å². The molecule has 7 rings (SSSR count). The van der Waals surface area contributed by atoms with E-state index in [2.05, 4.69) is 54.7 Å². The smallest absolute Gasteiger partial charge is 0.251 e. The summed E-state index contributed by atoms with van der Waals surface area (Å²) in [7, 11) is 0. The lowest BCUT2D eigenvalue weighted by atomic mass is 9.49. The number of benzene rings is 4. The number of likely N-dealkylation sites (tertiary alicyclic amines) is 1. The molecule has 0 spiro atoms. The van der Waals surface area contributed by atoms with Crippen LogP contribution in [0, 0.1) is 34.5 Å². The second-order valence-corrected chi connectivity index (χ2v) is 21.7. The van der Waals surface area contributed by atoms with Crippen LogP contribution >= 0.6 is 22.9 Å². The van der Waals surface area contributed by atoms with Crippen molar-refractivity contribution in [3.8, 4) is 33.8 Å². The molecule has 16 heteroatoms. The lowest BCUT2D eigenvalue weighted by Crippen LogP contribution is -2.74. The number of hydrogen-bond donors (Lipinski definition) is 4. The zero-order chi connectivity index (χ0) is 50.7. The minimum absolute atomic E-state index is 0.0338. The summed E-state index contributed by atoms with van der Waals surface area (Å²) in [5, 5.41) is 29.2. The minimum Gasteiger partial charge on any atom is -0.489 e. The summed E-state index contributed by atoms with van der Waals surface area (Å²) < 4.78 is 18.4. The molecule has 4 amide bonds. The molecule has 1 unspecified atom stereocenters. The average Bonchev–Trinajstić information content (AvgIpc) is 3.94. The van der Waals surface area contributed by atoms with E-state index in [1.165, 1.54) is 4.90 Å². The number of nitrogens with zero attached hydrogens (tertiary/aromatic N) is 3. The molecule has 1 saturated carbocycles. The van der Waals surface area contributed by atoms with Crippen LogP contribution in [0.3, 0.4) is 0 Å².